The van der Waals surface area contributed by atoms with Crippen LogP contribution in [-0.2, 0) is 0 Å². The maximum atomic E-state index is 2.70. The number of nitrogens with zero attached hydrogens (tertiary/aromatic N) is 2. The lowest BCUT2D eigenvalue weighted by atomic mass is 10.0. The second-order valence-corrected chi connectivity index (χ2v) is 13.2. The van der Waals surface area contributed by atoms with Crippen LogP contribution in [-0.4, -0.2) is 29.1 Å². The van der Waals surface area contributed by atoms with E-state index in [1.165, 1.54) is 206 Å². The lowest BCUT2D eigenvalue weighted by Crippen LogP contribution is -2.39. The quantitative estimate of drug-likeness (QED) is 0.0755. The van der Waals surface area contributed by atoms with E-state index in [-0.39, 0.29) is 0 Å². The van der Waals surface area contributed by atoms with Crippen molar-refractivity contribution in [3.63, 3.8) is 0 Å². The molecule has 1 heterocycles. The highest BCUT2D eigenvalue weighted by atomic mass is 15.4. The van der Waals surface area contributed by atoms with E-state index in [9.17, 15) is 0 Å². The molecule has 0 radical (unpaired) electrons. The molecule has 0 bridgehead atoms. The van der Waals surface area contributed by atoms with Crippen molar-refractivity contribution in [1.82, 2.24) is 9.80 Å². The lowest BCUT2D eigenvalue weighted by Gasteiger charge is -2.33. The molecule has 0 saturated carbocycles. The van der Waals surface area contributed by atoms with E-state index in [4.69, 9.17) is 0 Å². The first-order valence-electron chi connectivity index (χ1n) is 19.0. The summed E-state index contributed by atoms with van der Waals surface area (Å²) < 4.78 is 0. The molecule has 0 aromatic heterocycles. The SMILES string of the molecule is CCCCCCCCCCCCCCCCCCCC1N(CCCCCCC)C=CN1CCCCCCCCC. The van der Waals surface area contributed by atoms with Crippen LogP contribution in [0, 0.1) is 0 Å². The third-order valence-corrected chi connectivity index (χ3v) is 9.32. The second-order valence-electron chi connectivity index (χ2n) is 13.2. The van der Waals surface area contributed by atoms with E-state index in [2.05, 4.69) is 43.0 Å². The second kappa shape index (κ2) is 29.8. The highest BCUT2D eigenvalue weighted by Gasteiger charge is 2.24. The van der Waals surface area contributed by atoms with Gasteiger partial charge in [0.1, 0.15) is 6.17 Å². The van der Waals surface area contributed by atoms with Gasteiger partial charge in [0.2, 0.25) is 0 Å². The van der Waals surface area contributed by atoms with Gasteiger partial charge in [0, 0.05) is 25.5 Å². The predicted molar refractivity (Wildman–Crippen MR) is 182 cm³/mol. The molecule has 40 heavy (non-hydrogen) atoms. The molecular weight excluding hydrogens is 484 g/mol. The Morgan fingerprint density at radius 2 is 0.575 bits per heavy atom. The molecule has 1 rings (SSSR count). The third-order valence-electron chi connectivity index (χ3n) is 9.32. The molecule has 0 spiro atoms. The third kappa shape index (κ3) is 22.0. The molecule has 0 fully saturated rings. The summed E-state index contributed by atoms with van der Waals surface area (Å²) in [5.41, 5.74) is 0. The lowest BCUT2D eigenvalue weighted by molar-refractivity contribution is 0.135. The van der Waals surface area contributed by atoms with Crippen LogP contribution >= 0.6 is 0 Å². The minimum Gasteiger partial charge on any atom is -0.356 e. The topological polar surface area (TPSA) is 6.48 Å². The summed E-state index contributed by atoms with van der Waals surface area (Å²) in [6, 6.07) is 0. The van der Waals surface area contributed by atoms with Gasteiger partial charge in [0.15, 0.2) is 0 Å². The molecule has 1 aliphatic heterocycles. The Morgan fingerprint density at radius 3 is 0.875 bits per heavy atom. The van der Waals surface area contributed by atoms with Gasteiger partial charge >= 0.3 is 0 Å². The monoisotopic (exact) mass is 561 g/mol. The first-order valence-corrected chi connectivity index (χ1v) is 19.0. The molecule has 0 saturated heterocycles. The Balaban J connectivity index is 2.10. The fourth-order valence-corrected chi connectivity index (χ4v) is 6.54. The van der Waals surface area contributed by atoms with Crippen molar-refractivity contribution in [1.29, 1.82) is 0 Å². The van der Waals surface area contributed by atoms with E-state index in [0.717, 1.165) is 0 Å². The van der Waals surface area contributed by atoms with E-state index in [1.54, 1.807) is 0 Å². The van der Waals surface area contributed by atoms with Crippen molar-refractivity contribution in [2.75, 3.05) is 13.1 Å². The standard InChI is InChI=1S/C38H76N2/c1-4-7-10-13-15-16-17-18-19-20-21-22-23-24-25-27-30-33-38-39(34-31-28-12-9-6-3)36-37-40(38)35-32-29-26-14-11-8-5-2/h36-38H,4-35H2,1-3H3. The van der Waals surface area contributed by atoms with Gasteiger partial charge in [-0.25, -0.2) is 0 Å². The zero-order valence-corrected chi connectivity index (χ0v) is 28.3. The molecule has 0 N–H and O–H groups in total. The Hall–Kier alpha value is -0.660. The van der Waals surface area contributed by atoms with Gasteiger partial charge in [0.05, 0.1) is 0 Å². The van der Waals surface area contributed by atoms with Gasteiger partial charge in [-0.15, -0.1) is 0 Å². The fraction of sp³-hybridized carbons (Fsp3) is 0.947. The van der Waals surface area contributed by atoms with Crippen LogP contribution in [0.1, 0.15) is 213 Å². The minimum atomic E-state index is 0.641. The van der Waals surface area contributed by atoms with Crippen molar-refractivity contribution in [3.05, 3.63) is 12.4 Å². The van der Waals surface area contributed by atoms with Crippen molar-refractivity contribution in [2.45, 2.75) is 220 Å². The Labute approximate surface area is 254 Å². The number of rotatable bonds is 32. The van der Waals surface area contributed by atoms with Gasteiger partial charge in [-0.05, 0) is 25.7 Å². The fourth-order valence-electron chi connectivity index (χ4n) is 6.54. The van der Waals surface area contributed by atoms with Crippen LogP contribution < -0.4 is 0 Å². The maximum Gasteiger partial charge on any atom is 0.101 e. The van der Waals surface area contributed by atoms with Gasteiger partial charge in [-0.1, -0.05) is 188 Å². The maximum absolute atomic E-state index is 2.70. The van der Waals surface area contributed by atoms with Gasteiger partial charge in [0.25, 0.3) is 0 Å². The van der Waals surface area contributed by atoms with E-state index in [1.807, 2.05) is 0 Å². The molecule has 2 nitrogen and oxygen atoms in total. The molecule has 0 aromatic rings. The number of hydrogen-bond donors (Lipinski definition) is 0. The number of unbranched alkanes of at least 4 members (excludes halogenated alkanes) is 26. The van der Waals surface area contributed by atoms with Crippen LogP contribution in [0.5, 0.6) is 0 Å². The van der Waals surface area contributed by atoms with E-state index >= 15 is 0 Å². The van der Waals surface area contributed by atoms with E-state index < -0.39 is 0 Å². The van der Waals surface area contributed by atoms with Gasteiger partial charge in [-0.3, -0.25) is 0 Å². The molecule has 2 heteroatoms. The van der Waals surface area contributed by atoms with Crippen LogP contribution in [0.15, 0.2) is 12.4 Å². The van der Waals surface area contributed by atoms with Crippen LogP contribution in [0.4, 0.5) is 0 Å². The van der Waals surface area contributed by atoms with Crippen LogP contribution in [0.2, 0.25) is 0 Å². The summed E-state index contributed by atoms with van der Waals surface area (Å²) in [6.45, 7) is 9.47. The smallest absolute Gasteiger partial charge is 0.101 e. The Kier molecular flexibility index (Phi) is 27.9. The molecule has 1 atom stereocenters. The highest BCUT2D eigenvalue weighted by Crippen LogP contribution is 2.24. The summed E-state index contributed by atoms with van der Waals surface area (Å²) in [7, 11) is 0. The normalized spacial score (nSPS) is 15.1. The van der Waals surface area contributed by atoms with Gasteiger partial charge < -0.3 is 9.80 Å². The van der Waals surface area contributed by atoms with Crippen LogP contribution in [0.25, 0.3) is 0 Å². The largest absolute Gasteiger partial charge is 0.356 e. The summed E-state index contributed by atoms with van der Waals surface area (Å²) in [4.78, 5) is 5.39. The average molecular weight is 561 g/mol. The summed E-state index contributed by atoms with van der Waals surface area (Å²) in [6.07, 6.45) is 48.5. The Bertz CT molecular complexity index is 516. The predicted octanol–water partition coefficient (Wildman–Crippen LogP) is 13.2. The van der Waals surface area contributed by atoms with E-state index in [0.29, 0.717) is 6.17 Å². The minimum absolute atomic E-state index is 0.641. The zero-order chi connectivity index (χ0) is 28.8. The highest BCUT2D eigenvalue weighted by molar-refractivity contribution is 4.97. The molecule has 0 amide bonds. The zero-order valence-electron chi connectivity index (χ0n) is 28.3. The molecule has 238 valence electrons. The van der Waals surface area contributed by atoms with Gasteiger partial charge in [-0.2, -0.15) is 0 Å². The summed E-state index contributed by atoms with van der Waals surface area (Å²) >= 11 is 0. The molecule has 0 aromatic carbocycles. The molecule has 1 aliphatic rings. The van der Waals surface area contributed by atoms with Crippen molar-refractivity contribution in [3.8, 4) is 0 Å². The first kappa shape index (κ1) is 37.4. The molecule has 1 unspecified atom stereocenters. The van der Waals surface area contributed by atoms with Crippen molar-refractivity contribution < 1.29 is 0 Å². The Morgan fingerprint density at radius 1 is 0.325 bits per heavy atom. The number of hydrogen-bond acceptors (Lipinski definition) is 2. The summed E-state index contributed by atoms with van der Waals surface area (Å²) in [5.74, 6) is 0. The van der Waals surface area contributed by atoms with Crippen LogP contribution in [0.3, 0.4) is 0 Å². The average Bonchev–Trinajstić information content (AvgIpc) is 3.35. The van der Waals surface area contributed by atoms with Crippen molar-refractivity contribution >= 4 is 0 Å². The first-order chi connectivity index (χ1) is 19.8. The van der Waals surface area contributed by atoms with Crippen molar-refractivity contribution in [2.24, 2.45) is 0 Å². The molecular formula is C38H76N2. The summed E-state index contributed by atoms with van der Waals surface area (Å²) in [5, 5.41) is 0. The molecule has 0 aliphatic carbocycles.